The standard InChI is InChI=1S/C20H21N3O3/c1-3-21-19(25)15-5-4-12(2)17(11-15)23-20(26)14-6-8-16-13(10-14)7-9-18(24)22-16/h4-6,8,10-11H,3,7,9H2,1-2H3,(H,21,25)(H,22,24)(H,23,26). The van der Waals surface area contributed by atoms with E-state index in [1.54, 1.807) is 30.3 Å². The van der Waals surface area contributed by atoms with E-state index in [0.717, 1.165) is 16.8 Å². The largest absolute Gasteiger partial charge is 0.352 e. The van der Waals surface area contributed by atoms with Crippen LogP contribution in [0.15, 0.2) is 36.4 Å². The van der Waals surface area contributed by atoms with E-state index in [4.69, 9.17) is 0 Å². The summed E-state index contributed by atoms with van der Waals surface area (Å²) in [5, 5.41) is 8.42. The quantitative estimate of drug-likeness (QED) is 0.791. The van der Waals surface area contributed by atoms with Gasteiger partial charge in [0.05, 0.1) is 0 Å². The Morgan fingerprint density at radius 1 is 1.04 bits per heavy atom. The van der Waals surface area contributed by atoms with Crippen LogP contribution in [-0.4, -0.2) is 24.3 Å². The Hall–Kier alpha value is -3.15. The number of carbonyl (C=O) groups excluding carboxylic acids is 3. The number of hydrogen-bond donors (Lipinski definition) is 3. The van der Waals surface area contributed by atoms with Crippen LogP contribution >= 0.6 is 0 Å². The molecule has 1 aliphatic rings. The summed E-state index contributed by atoms with van der Waals surface area (Å²) >= 11 is 0. The second-order valence-corrected chi connectivity index (χ2v) is 6.26. The van der Waals surface area contributed by atoms with Crippen LogP contribution in [-0.2, 0) is 11.2 Å². The lowest BCUT2D eigenvalue weighted by atomic mass is 10.00. The number of benzene rings is 2. The smallest absolute Gasteiger partial charge is 0.255 e. The Balaban J connectivity index is 1.81. The second-order valence-electron chi connectivity index (χ2n) is 6.26. The fourth-order valence-corrected chi connectivity index (χ4v) is 2.88. The Bertz CT molecular complexity index is 890. The molecule has 0 bridgehead atoms. The third kappa shape index (κ3) is 3.74. The zero-order valence-corrected chi connectivity index (χ0v) is 14.8. The molecule has 0 atom stereocenters. The molecule has 0 fully saturated rings. The summed E-state index contributed by atoms with van der Waals surface area (Å²) < 4.78 is 0. The lowest BCUT2D eigenvalue weighted by Gasteiger charge is -2.17. The van der Waals surface area contributed by atoms with Gasteiger partial charge < -0.3 is 16.0 Å². The van der Waals surface area contributed by atoms with Crippen LogP contribution in [0.4, 0.5) is 11.4 Å². The Morgan fingerprint density at radius 3 is 2.54 bits per heavy atom. The molecule has 1 heterocycles. The molecule has 3 rings (SSSR count). The van der Waals surface area contributed by atoms with Crippen molar-refractivity contribution in [3.8, 4) is 0 Å². The predicted molar refractivity (Wildman–Crippen MR) is 101 cm³/mol. The average Bonchev–Trinajstić information content (AvgIpc) is 2.63. The SMILES string of the molecule is CCNC(=O)c1ccc(C)c(NC(=O)c2ccc3c(c2)CCC(=O)N3)c1. The molecule has 3 amide bonds. The molecule has 6 nitrogen and oxygen atoms in total. The molecule has 6 heteroatoms. The monoisotopic (exact) mass is 351 g/mol. The van der Waals surface area contributed by atoms with Crippen LogP contribution in [0.2, 0.25) is 0 Å². The molecule has 2 aromatic rings. The maximum atomic E-state index is 12.6. The summed E-state index contributed by atoms with van der Waals surface area (Å²) in [6.07, 6.45) is 1.04. The first-order chi connectivity index (χ1) is 12.5. The van der Waals surface area contributed by atoms with Gasteiger partial charge in [0, 0.05) is 35.5 Å². The fourth-order valence-electron chi connectivity index (χ4n) is 2.88. The number of amides is 3. The number of rotatable bonds is 4. The molecule has 0 saturated carbocycles. The number of nitrogens with one attached hydrogen (secondary N) is 3. The maximum absolute atomic E-state index is 12.6. The minimum absolute atomic E-state index is 0.00695. The number of anilines is 2. The van der Waals surface area contributed by atoms with Crippen molar-refractivity contribution in [2.24, 2.45) is 0 Å². The first-order valence-corrected chi connectivity index (χ1v) is 8.61. The zero-order chi connectivity index (χ0) is 18.7. The van der Waals surface area contributed by atoms with Gasteiger partial charge in [0.1, 0.15) is 0 Å². The van der Waals surface area contributed by atoms with Crippen molar-refractivity contribution in [2.75, 3.05) is 17.2 Å². The van der Waals surface area contributed by atoms with E-state index in [-0.39, 0.29) is 17.7 Å². The lowest BCUT2D eigenvalue weighted by Crippen LogP contribution is -2.23. The third-order valence-electron chi connectivity index (χ3n) is 4.35. The molecule has 1 aliphatic heterocycles. The Kier molecular flexibility index (Phi) is 5.02. The lowest BCUT2D eigenvalue weighted by molar-refractivity contribution is -0.116. The van der Waals surface area contributed by atoms with E-state index in [1.165, 1.54) is 0 Å². The summed E-state index contributed by atoms with van der Waals surface area (Å²) in [6.45, 7) is 4.27. The molecule has 3 N–H and O–H groups in total. The summed E-state index contributed by atoms with van der Waals surface area (Å²) in [4.78, 5) is 36.1. The van der Waals surface area contributed by atoms with Crippen molar-refractivity contribution in [3.05, 3.63) is 58.7 Å². The molecule has 0 saturated heterocycles. The number of carbonyl (C=O) groups is 3. The van der Waals surface area contributed by atoms with Crippen molar-refractivity contribution in [1.29, 1.82) is 0 Å². The van der Waals surface area contributed by atoms with Crippen molar-refractivity contribution >= 4 is 29.1 Å². The highest BCUT2D eigenvalue weighted by Gasteiger charge is 2.17. The Morgan fingerprint density at radius 2 is 1.77 bits per heavy atom. The average molecular weight is 351 g/mol. The van der Waals surface area contributed by atoms with E-state index < -0.39 is 0 Å². The summed E-state index contributed by atoms with van der Waals surface area (Å²) in [5.41, 5.74) is 4.20. The van der Waals surface area contributed by atoms with E-state index in [1.807, 2.05) is 19.9 Å². The van der Waals surface area contributed by atoms with Crippen molar-refractivity contribution < 1.29 is 14.4 Å². The van der Waals surface area contributed by atoms with Gasteiger partial charge in [-0.3, -0.25) is 14.4 Å². The third-order valence-corrected chi connectivity index (χ3v) is 4.35. The summed E-state index contributed by atoms with van der Waals surface area (Å²) in [5.74, 6) is -0.430. The van der Waals surface area contributed by atoms with Crippen LogP contribution in [0.3, 0.4) is 0 Å². The molecule has 2 aromatic carbocycles. The highest BCUT2D eigenvalue weighted by atomic mass is 16.2. The summed E-state index contributed by atoms with van der Waals surface area (Å²) in [6, 6.07) is 10.5. The van der Waals surface area contributed by atoms with E-state index in [9.17, 15) is 14.4 Å². The number of fused-ring (bicyclic) bond motifs is 1. The molecule has 0 aromatic heterocycles. The van der Waals surface area contributed by atoms with Crippen molar-refractivity contribution in [2.45, 2.75) is 26.7 Å². The molecule has 0 aliphatic carbocycles. The van der Waals surface area contributed by atoms with Crippen LogP contribution in [0.1, 0.15) is 45.2 Å². The first-order valence-electron chi connectivity index (χ1n) is 8.61. The highest BCUT2D eigenvalue weighted by Crippen LogP contribution is 2.24. The van der Waals surface area contributed by atoms with Crippen LogP contribution < -0.4 is 16.0 Å². The van der Waals surface area contributed by atoms with E-state index in [0.29, 0.717) is 36.2 Å². The minimum atomic E-state index is -0.249. The van der Waals surface area contributed by atoms with Crippen molar-refractivity contribution in [3.63, 3.8) is 0 Å². The maximum Gasteiger partial charge on any atom is 0.255 e. The van der Waals surface area contributed by atoms with Gasteiger partial charge in [-0.15, -0.1) is 0 Å². The normalized spacial score (nSPS) is 12.8. The molecular formula is C20H21N3O3. The van der Waals surface area contributed by atoms with Gasteiger partial charge in [-0.05, 0) is 61.7 Å². The van der Waals surface area contributed by atoms with Crippen LogP contribution in [0.25, 0.3) is 0 Å². The molecule has 0 unspecified atom stereocenters. The van der Waals surface area contributed by atoms with Gasteiger partial charge in [0.25, 0.3) is 11.8 Å². The van der Waals surface area contributed by atoms with Gasteiger partial charge in [-0.2, -0.15) is 0 Å². The molecule has 134 valence electrons. The van der Waals surface area contributed by atoms with Crippen LogP contribution in [0.5, 0.6) is 0 Å². The van der Waals surface area contributed by atoms with E-state index >= 15 is 0 Å². The topological polar surface area (TPSA) is 87.3 Å². The number of hydrogen-bond acceptors (Lipinski definition) is 3. The molecule has 0 spiro atoms. The summed E-state index contributed by atoms with van der Waals surface area (Å²) in [7, 11) is 0. The van der Waals surface area contributed by atoms with Crippen LogP contribution in [0, 0.1) is 6.92 Å². The molecule has 26 heavy (non-hydrogen) atoms. The molecular weight excluding hydrogens is 330 g/mol. The van der Waals surface area contributed by atoms with Crippen molar-refractivity contribution in [1.82, 2.24) is 5.32 Å². The predicted octanol–water partition coefficient (Wildman–Crippen LogP) is 2.88. The van der Waals surface area contributed by atoms with Gasteiger partial charge in [-0.1, -0.05) is 6.07 Å². The second kappa shape index (κ2) is 7.39. The zero-order valence-electron chi connectivity index (χ0n) is 14.8. The van der Waals surface area contributed by atoms with E-state index in [2.05, 4.69) is 16.0 Å². The highest BCUT2D eigenvalue weighted by molar-refractivity contribution is 6.06. The van der Waals surface area contributed by atoms with Gasteiger partial charge in [0.2, 0.25) is 5.91 Å². The fraction of sp³-hybridized carbons (Fsp3) is 0.250. The molecule has 0 radical (unpaired) electrons. The Labute approximate surface area is 152 Å². The number of aryl methyl sites for hydroxylation is 2. The first kappa shape index (κ1) is 17.7. The minimum Gasteiger partial charge on any atom is -0.352 e. The van der Waals surface area contributed by atoms with Gasteiger partial charge >= 0.3 is 0 Å². The van der Waals surface area contributed by atoms with Gasteiger partial charge in [-0.25, -0.2) is 0 Å². The van der Waals surface area contributed by atoms with Gasteiger partial charge in [0.15, 0.2) is 0 Å².